The van der Waals surface area contributed by atoms with E-state index in [1.807, 2.05) is 6.92 Å². The van der Waals surface area contributed by atoms with Gasteiger partial charge in [0.15, 0.2) is 11.5 Å². The van der Waals surface area contributed by atoms with Crippen LogP contribution in [0.4, 0.5) is 5.82 Å². The van der Waals surface area contributed by atoms with Crippen molar-refractivity contribution < 1.29 is 19.4 Å². The van der Waals surface area contributed by atoms with Gasteiger partial charge in [-0.2, -0.15) is 0 Å². The molecule has 7 nitrogen and oxygen atoms in total. The third kappa shape index (κ3) is 4.10. The molecule has 0 saturated carbocycles. The SMILES string of the molecule is COC(C)CCC(=O)Nc1nccnc1C(=O)O. The number of carbonyl (C=O) groups excluding carboxylic acids is 1. The van der Waals surface area contributed by atoms with Gasteiger partial charge in [-0.05, 0) is 13.3 Å². The summed E-state index contributed by atoms with van der Waals surface area (Å²) in [7, 11) is 1.56. The van der Waals surface area contributed by atoms with Gasteiger partial charge >= 0.3 is 5.97 Å². The van der Waals surface area contributed by atoms with Crippen LogP contribution in [-0.4, -0.2) is 40.2 Å². The molecule has 1 rings (SSSR count). The molecule has 1 aromatic rings. The standard InChI is InChI=1S/C11H15N3O4/c1-7(18-2)3-4-8(15)14-10-9(11(16)17)12-5-6-13-10/h5-7H,3-4H2,1-2H3,(H,16,17)(H,13,14,15). The first-order chi connectivity index (χ1) is 8.54. The topological polar surface area (TPSA) is 101 Å². The van der Waals surface area contributed by atoms with E-state index < -0.39 is 5.97 Å². The summed E-state index contributed by atoms with van der Waals surface area (Å²) in [6.45, 7) is 1.85. The number of methoxy groups -OCH3 is 1. The molecule has 0 saturated heterocycles. The molecule has 0 fully saturated rings. The minimum absolute atomic E-state index is 0.0310. The summed E-state index contributed by atoms with van der Waals surface area (Å²) in [5.41, 5.74) is -0.273. The molecule has 0 radical (unpaired) electrons. The number of hydrogen-bond donors (Lipinski definition) is 2. The van der Waals surface area contributed by atoms with Crippen LogP contribution in [0.2, 0.25) is 0 Å². The van der Waals surface area contributed by atoms with Gasteiger partial charge in [-0.15, -0.1) is 0 Å². The van der Waals surface area contributed by atoms with Crippen molar-refractivity contribution in [3.05, 3.63) is 18.1 Å². The second-order valence-electron chi connectivity index (χ2n) is 3.69. The Morgan fingerprint density at radius 2 is 2.11 bits per heavy atom. The Morgan fingerprint density at radius 1 is 1.44 bits per heavy atom. The smallest absolute Gasteiger partial charge is 0.358 e. The number of hydrogen-bond acceptors (Lipinski definition) is 5. The highest BCUT2D eigenvalue weighted by Gasteiger charge is 2.15. The Kier molecular flexibility index (Phi) is 5.19. The zero-order chi connectivity index (χ0) is 13.5. The Balaban J connectivity index is 2.62. The third-order valence-corrected chi connectivity index (χ3v) is 2.34. The summed E-state index contributed by atoms with van der Waals surface area (Å²) in [6, 6.07) is 0. The fourth-order valence-electron chi connectivity index (χ4n) is 1.23. The summed E-state index contributed by atoms with van der Waals surface area (Å²) >= 11 is 0. The van der Waals surface area contributed by atoms with Crippen molar-refractivity contribution in [2.45, 2.75) is 25.9 Å². The van der Waals surface area contributed by atoms with Crippen LogP contribution in [0.5, 0.6) is 0 Å². The highest BCUT2D eigenvalue weighted by atomic mass is 16.5. The molecule has 7 heteroatoms. The monoisotopic (exact) mass is 253 g/mol. The van der Waals surface area contributed by atoms with Gasteiger partial charge in [0.05, 0.1) is 6.10 Å². The quantitative estimate of drug-likeness (QED) is 0.782. The molecule has 1 atom stereocenters. The maximum Gasteiger partial charge on any atom is 0.358 e. The van der Waals surface area contributed by atoms with E-state index in [1.54, 1.807) is 7.11 Å². The predicted molar refractivity (Wildman–Crippen MR) is 63.3 cm³/mol. The van der Waals surface area contributed by atoms with E-state index in [-0.39, 0.29) is 29.9 Å². The molecule has 1 amide bonds. The van der Waals surface area contributed by atoms with Gasteiger partial charge in [0.2, 0.25) is 5.91 Å². The minimum Gasteiger partial charge on any atom is -0.476 e. The van der Waals surface area contributed by atoms with E-state index in [4.69, 9.17) is 9.84 Å². The van der Waals surface area contributed by atoms with Crippen LogP contribution in [0.3, 0.4) is 0 Å². The lowest BCUT2D eigenvalue weighted by molar-refractivity contribution is -0.116. The maximum absolute atomic E-state index is 11.6. The molecule has 1 heterocycles. The Hall–Kier alpha value is -2.02. The van der Waals surface area contributed by atoms with E-state index in [2.05, 4.69) is 15.3 Å². The number of carboxylic acids is 1. The molecule has 0 aliphatic heterocycles. The zero-order valence-corrected chi connectivity index (χ0v) is 10.2. The van der Waals surface area contributed by atoms with E-state index in [1.165, 1.54) is 12.4 Å². The molecule has 0 bridgehead atoms. The third-order valence-electron chi connectivity index (χ3n) is 2.34. The van der Waals surface area contributed by atoms with E-state index in [9.17, 15) is 9.59 Å². The average molecular weight is 253 g/mol. The van der Waals surface area contributed by atoms with Crippen LogP contribution in [-0.2, 0) is 9.53 Å². The molecule has 98 valence electrons. The predicted octanol–water partition coefficient (Wildman–Crippen LogP) is 0.928. The minimum atomic E-state index is -1.23. The summed E-state index contributed by atoms with van der Waals surface area (Å²) in [6.07, 6.45) is 3.32. The second-order valence-corrected chi connectivity index (χ2v) is 3.69. The van der Waals surface area contributed by atoms with E-state index in [0.29, 0.717) is 6.42 Å². The first kappa shape index (κ1) is 14.0. The van der Waals surface area contributed by atoms with Gasteiger partial charge in [-0.1, -0.05) is 0 Å². The fraction of sp³-hybridized carbons (Fsp3) is 0.455. The van der Waals surface area contributed by atoms with Crippen molar-refractivity contribution in [1.29, 1.82) is 0 Å². The number of aromatic nitrogens is 2. The second kappa shape index (κ2) is 6.65. The molecular formula is C11H15N3O4. The van der Waals surface area contributed by atoms with Crippen LogP contribution in [0, 0.1) is 0 Å². The van der Waals surface area contributed by atoms with Gasteiger partial charge in [0.25, 0.3) is 0 Å². The molecule has 0 aromatic carbocycles. The fourth-order valence-corrected chi connectivity index (χ4v) is 1.23. The number of carbonyl (C=O) groups is 2. The number of anilines is 1. The van der Waals surface area contributed by atoms with E-state index in [0.717, 1.165) is 0 Å². The van der Waals surface area contributed by atoms with Gasteiger partial charge in [0, 0.05) is 25.9 Å². The summed E-state index contributed by atoms with van der Waals surface area (Å²) in [5, 5.41) is 11.3. The zero-order valence-electron chi connectivity index (χ0n) is 10.2. The Bertz CT molecular complexity index is 436. The molecular weight excluding hydrogens is 238 g/mol. The lowest BCUT2D eigenvalue weighted by atomic mass is 10.2. The summed E-state index contributed by atoms with van der Waals surface area (Å²) in [4.78, 5) is 29.8. The lowest BCUT2D eigenvalue weighted by Crippen LogP contribution is -2.18. The van der Waals surface area contributed by atoms with Crippen molar-refractivity contribution in [2.24, 2.45) is 0 Å². The Labute approximate surface area is 104 Å². The molecule has 0 spiro atoms. The molecule has 1 aromatic heterocycles. The van der Waals surface area contributed by atoms with Gasteiger partial charge in [-0.25, -0.2) is 14.8 Å². The van der Waals surface area contributed by atoms with Crippen molar-refractivity contribution in [3.8, 4) is 0 Å². The van der Waals surface area contributed by atoms with Gasteiger partial charge in [-0.3, -0.25) is 4.79 Å². The lowest BCUT2D eigenvalue weighted by Gasteiger charge is -2.09. The molecule has 1 unspecified atom stereocenters. The van der Waals surface area contributed by atoms with Crippen molar-refractivity contribution in [2.75, 3.05) is 12.4 Å². The summed E-state index contributed by atoms with van der Waals surface area (Å²) in [5.74, 6) is -1.59. The number of amides is 1. The van der Waals surface area contributed by atoms with Crippen LogP contribution in [0.1, 0.15) is 30.3 Å². The summed E-state index contributed by atoms with van der Waals surface area (Å²) < 4.78 is 5.01. The maximum atomic E-state index is 11.6. The number of rotatable bonds is 6. The largest absolute Gasteiger partial charge is 0.476 e. The Morgan fingerprint density at radius 3 is 2.72 bits per heavy atom. The van der Waals surface area contributed by atoms with E-state index >= 15 is 0 Å². The van der Waals surface area contributed by atoms with Crippen molar-refractivity contribution in [1.82, 2.24) is 9.97 Å². The average Bonchev–Trinajstić information content (AvgIpc) is 2.36. The number of nitrogens with zero attached hydrogens (tertiary/aromatic N) is 2. The molecule has 0 aliphatic rings. The number of ether oxygens (including phenoxy) is 1. The molecule has 0 aliphatic carbocycles. The molecule has 2 N–H and O–H groups in total. The van der Waals surface area contributed by atoms with Crippen molar-refractivity contribution in [3.63, 3.8) is 0 Å². The van der Waals surface area contributed by atoms with Gasteiger partial charge in [0.1, 0.15) is 0 Å². The van der Waals surface area contributed by atoms with Crippen LogP contribution >= 0.6 is 0 Å². The highest BCUT2D eigenvalue weighted by Crippen LogP contribution is 2.09. The van der Waals surface area contributed by atoms with Crippen molar-refractivity contribution >= 4 is 17.7 Å². The van der Waals surface area contributed by atoms with Crippen LogP contribution in [0.15, 0.2) is 12.4 Å². The van der Waals surface area contributed by atoms with Crippen LogP contribution < -0.4 is 5.32 Å². The first-order valence-electron chi connectivity index (χ1n) is 5.41. The first-order valence-corrected chi connectivity index (χ1v) is 5.41. The van der Waals surface area contributed by atoms with Gasteiger partial charge < -0.3 is 15.2 Å². The molecule has 18 heavy (non-hydrogen) atoms. The number of aromatic carboxylic acids is 1. The van der Waals surface area contributed by atoms with Crippen LogP contribution in [0.25, 0.3) is 0 Å². The number of carboxylic acid groups (broad SMARTS) is 1. The number of nitrogens with one attached hydrogen (secondary N) is 1. The highest BCUT2D eigenvalue weighted by molar-refractivity contribution is 5.97. The normalized spacial score (nSPS) is 11.9.